The number of halogens is 1. The molecule has 2 aromatic carbocycles. The number of fused-ring (bicyclic) bond motifs is 1. The quantitative estimate of drug-likeness (QED) is 0.800. The van der Waals surface area contributed by atoms with E-state index >= 15 is 0 Å². The largest absolute Gasteiger partial charge is 0.388 e. The van der Waals surface area contributed by atoms with Crippen molar-refractivity contribution in [3.63, 3.8) is 0 Å². The summed E-state index contributed by atoms with van der Waals surface area (Å²) < 4.78 is 1.07. The molecule has 0 spiro atoms. The van der Waals surface area contributed by atoms with Crippen LogP contribution < -0.4 is 0 Å². The zero-order valence-electron chi connectivity index (χ0n) is 12.3. The third-order valence-corrected chi connectivity index (χ3v) is 5.09. The molecule has 2 aromatic rings. The Morgan fingerprint density at radius 1 is 1.24 bits per heavy atom. The molecule has 0 saturated carbocycles. The fourth-order valence-electron chi connectivity index (χ4n) is 3.51. The van der Waals surface area contributed by atoms with Gasteiger partial charge in [0.25, 0.3) is 0 Å². The lowest BCUT2D eigenvalue weighted by Crippen LogP contribution is -2.13. The molecule has 0 aliphatic heterocycles. The van der Waals surface area contributed by atoms with Gasteiger partial charge in [-0.2, -0.15) is 0 Å². The number of aryl methyl sites for hydroxylation is 2. The van der Waals surface area contributed by atoms with E-state index in [4.69, 9.17) is 0 Å². The van der Waals surface area contributed by atoms with Crippen molar-refractivity contribution in [1.29, 1.82) is 0 Å². The van der Waals surface area contributed by atoms with Gasteiger partial charge in [-0.1, -0.05) is 46.3 Å². The van der Waals surface area contributed by atoms with Crippen LogP contribution in [0.3, 0.4) is 0 Å². The second kappa shape index (κ2) is 6.33. The highest BCUT2D eigenvalue weighted by Gasteiger charge is 2.23. The van der Waals surface area contributed by atoms with Gasteiger partial charge in [-0.15, -0.1) is 0 Å². The summed E-state index contributed by atoms with van der Waals surface area (Å²) in [7, 11) is 0. The van der Waals surface area contributed by atoms with Crippen LogP contribution in [0.2, 0.25) is 0 Å². The molecule has 1 N–H and O–H groups in total. The van der Waals surface area contributed by atoms with E-state index in [-0.39, 0.29) is 6.10 Å². The summed E-state index contributed by atoms with van der Waals surface area (Å²) in [5, 5.41) is 10.7. The van der Waals surface area contributed by atoms with Crippen LogP contribution >= 0.6 is 15.9 Å². The topological polar surface area (TPSA) is 20.2 Å². The Bertz CT molecular complexity index is 635. The standard InChI is InChI=1S/C19H21BrO/c1-13-11-16(20)9-10-17(13)19(21)12-15-7-4-6-14-5-2-3-8-18(14)15/h2-3,5,8-11,15,19,21H,4,6-7,12H2,1H3. The lowest BCUT2D eigenvalue weighted by atomic mass is 9.79. The molecule has 0 saturated heterocycles. The number of hydrogen-bond acceptors (Lipinski definition) is 1. The predicted octanol–water partition coefficient (Wildman–Crippen LogP) is 5.30. The summed E-state index contributed by atoms with van der Waals surface area (Å²) in [6.07, 6.45) is 4.03. The molecule has 21 heavy (non-hydrogen) atoms. The SMILES string of the molecule is Cc1cc(Br)ccc1C(O)CC1CCCc2ccccc21. The van der Waals surface area contributed by atoms with Crippen LogP contribution in [0.5, 0.6) is 0 Å². The van der Waals surface area contributed by atoms with Crippen molar-refractivity contribution in [2.75, 3.05) is 0 Å². The van der Waals surface area contributed by atoms with Gasteiger partial charge in [0.05, 0.1) is 6.10 Å². The van der Waals surface area contributed by atoms with Crippen molar-refractivity contribution in [2.45, 2.75) is 44.6 Å². The first-order valence-electron chi connectivity index (χ1n) is 7.67. The number of rotatable bonds is 3. The van der Waals surface area contributed by atoms with Gasteiger partial charge in [-0.3, -0.25) is 0 Å². The van der Waals surface area contributed by atoms with E-state index in [9.17, 15) is 5.11 Å². The maximum atomic E-state index is 10.7. The highest BCUT2D eigenvalue weighted by atomic mass is 79.9. The Balaban J connectivity index is 1.81. The van der Waals surface area contributed by atoms with Gasteiger partial charge < -0.3 is 5.11 Å². The zero-order chi connectivity index (χ0) is 14.8. The van der Waals surface area contributed by atoms with Crippen molar-refractivity contribution in [3.8, 4) is 0 Å². The van der Waals surface area contributed by atoms with Gasteiger partial charge in [-0.05, 0) is 72.9 Å². The highest BCUT2D eigenvalue weighted by molar-refractivity contribution is 9.10. The van der Waals surface area contributed by atoms with Crippen molar-refractivity contribution < 1.29 is 5.11 Å². The summed E-state index contributed by atoms with van der Waals surface area (Å²) >= 11 is 3.48. The first kappa shape index (κ1) is 14.8. The highest BCUT2D eigenvalue weighted by Crippen LogP contribution is 2.38. The number of aliphatic hydroxyl groups excluding tert-OH is 1. The first-order valence-corrected chi connectivity index (χ1v) is 8.46. The molecular formula is C19H21BrO. The van der Waals surface area contributed by atoms with E-state index in [1.807, 2.05) is 12.1 Å². The fraction of sp³-hybridized carbons (Fsp3) is 0.368. The molecule has 0 aromatic heterocycles. The molecule has 2 atom stereocenters. The minimum Gasteiger partial charge on any atom is -0.388 e. The van der Waals surface area contributed by atoms with Gasteiger partial charge >= 0.3 is 0 Å². The maximum Gasteiger partial charge on any atom is 0.0798 e. The van der Waals surface area contributed by atoms with E-state index in [0.29, 0.717) is 5.92 Å². The van der Waals surface area contributed by atoms with Crippen LogP contribution in [-0.2, 0) is 6.42 Å². The maximum absolute atomic E-state index is 10.7. The number of aliphatic hydroxyl groups is 1. The van der Waals surface area contributed by atoms with Crippen LogP contribution in [0.4, 0.5) is 0 Å². The molecule has 3 rings (SSSR count). The normalized spacial score (nSPS) is 19.1. The average Bonchev–Trinajstić information content (AvgIpc) is 2.47. The summed E-state index contributed by atoms with van der Waals surface area (Å²) in [4.78, 5) is 0. The Labute approximate surface area is 135 Å². The Kier molecular flexibility index (Phi) is 4.46. The molecule has 2 heteroatoms. The van der Waals surface area contributed by atoms with E-state index in [1.165, 1.54) is 30.4 Å². The summed E-state index contributed by atoms with van der Waals surface area (Å²) in [5.41, 5.74) is 5.12. The monoisotopic (exact) mass is 344 g/mol. The smallest absolute Gasteiger partial charge is 0.0798 e. The summed E-state index contributed by atoms with van der Waals surface area (Å²) in [6.45, 7) is 2.07. The summed E-state index contributed by atoms with van der Waals surface area (Å²) in [5.74, 6) is 0.480. The van der Waals surface area contributed by atoms with Gasteiger partial charge in [0.1, 0.15) is 0 Å². The number of hydrogen-bond donors (Lipinski definition) is 1. The van der Waals surface area contributed by atoms with Crippen molar-refractivity contribution in [1.82, 2.24) is 0 Å². The second-order valence-electron chi connectivity index (χ2n) is 6.04. The molecule has 110 valence electrons. The van der Waals surface area contributed by atoms with Gasteiger partial charge in [0, 0.05) is 4.47 Å². The Morgan fingerprint density at radius 3 is 2.86 bits per heavy atom. The molecule has 2 unspecified atom stereocenters. The van der Waals surface area contributed by atoms with Crippen LogP contribution in [0.15, 0.2) is 46.9 Å². The molecule has 1 nitrogen and oxygen atoms in total. The molecule has 0 radical (unpaired) electrons. The van der Waals surface area contributed by atoms with Gasteiger partial charge in [-0.25, -0.2) is 0 Å². The Morgan fingerprint density at radius 2 is 2.05 bits per heavy atom. The van der Waals surface area contributed by atoms with Crippen LogP contribution in [-0.4, -0.2) is 5.11 Å². The van der Waals surface area contributed by atoms with Crippen molar-refractivity contribution in [2.24, 2.45) is 0 Å². The fourth-order valence-corrected chi connectivity index (χ4v) is 3.98. The van der Waals surface area contributed by atoms with Crippen molar-refractivity contribution in [3.05, 3.63) is 69.2 Å². The molecule has 0 fully saturated rings. The third kappa shape index (κ3) is 3.22. The van der Waals surface area contributed by atoms with E-state index in [1.54, 1.807) is 0 Å². The molecule has 1 aliphatic rings. The lowest BCUT2D eigenvalue weighted by Gasteiger charge is -2.28. The molecule has 0 bridgehead atoms. The van der Waals surface area contributed by atoms with E-state index < -0.39 is 0 Å². The summed E-state index contributed by atoms with van der Waals surface area (Å²) in [6, 6.07) is 14.8. The molecule has 1 aliphatic carbocycles. The van der Waals surface area contributed by atoms with E-state index in [2.05, 4.69) is 53.2 Å². The minimum atomic E-state index is -0.380. The van der Waals surface area contributed by atoms with Crippen LogP contribution in [0.25, 0.3) is 0 Å². The van der Waals surface area contributed by atoms with Gasteiger partial charge in [0.2, 0.25) is 0 Å². The molecule has 0 amide bonds. The van der Waals surface area contributed by atoms with Crippen LogP contribution in [0.1, 0.15) is 53.5 Å². The van der Waals surface area contributed by atoms with E-state index in [0.717, 1.165) is 22.0 Å². The minimum absolute atomic E-state index is 0.380. The predicted molar refractivity (Wildman–Crippen MR) is 90.6 cm³/mol. The first-order chi connectivity index (χ1) is 10.1. The second-order valence-corrected chi connectivity index (χ2v) is 6.96. The Hall–Kier alpha value is -1.12. The zero-order valence-corrected chi connectivity index (χ0v) is 13.9. The number of benzene rings is 2. The van der Waals surface area contributed by atoms with Crippen molar-refractivity contribution >= 4 is 15.9 Å². The van der Waals surface area contributed by atoms with Crippen LogP contribution in [0, 0.1) is 6.92 Å². The lowest BCUT2D eigenvalue weighted by molar-refractivity contribution is 0.153. The third-order valence-electron chi connectivity index (χ3n) is 4.59. The average molecular weight is 345 g/mol. The van der Waals surface area contributed by atoms with Gasteiger partial charge in [0.15, 0.2) is 0 Å². The molecular weight excluding hydrogens is 324 g/mol. The molecule has 0 heterocycles.